The van der Waals surface area contributed by atoms with Crippen molar-refractivity contribution in [1.82, 2.24) is 15.1 Å². The minimum absolute atomic E-state index is 0.0439. The van der Waals surface area contributed by atoms with Gasteiger partial charge in [-0.3, -0.25) is 19.3 Å². The van der Waals surface area contributed by atoms with Crippen LogP contribution in [0, 0.1) is 5.82 Å². The summed E-state index contributed by atoms with van der Waals surface area (Å²) >= 11 is 0. The maximum atomic E-state index is 14.1. The van der Waals surface area contributed by atoms with Crippen LogP contribution in [0.4, 0.5) is 23.4 Å². The molecule has 0 saturated heterocycles. The molecule has 3 aromatic carbocycles. The van der Waals surface area contributed by atoms with E-state index >= 15 is 0 Å². The van der Waals surface area contributed by atoms with Gasteiger partial charge in [-0.25, -0.2) is 9.07 Å². The van der Waals surface area contributed by atoms with Crippen molar-refractivity contribution in [3.8, 4) is 5.69 Å². The predicted molar refractivity (Wildman–Crippen MR) is 143 cm³/mol. The molecule has 0 fully saturated rings. The number of nitrogens with zero attached hydrogens (tertiary/aromatic N) is 3. The Labute approximate surface area is 232 Å². The molecule has 210 valence electrons. The van der Waals surface area contributed by atoms with E-state index < -0.39 is 47.1 Å². The molecule has 1 aliphatic heterocycles. The lowest BCUT2D eigenvalue weighted by Crippen LogP contribution is -2.55. The Hall–Kier alpha value is -4.80. The van der Waals surface area contributed by atoms with Gasteiger partial charge in [-0.15, -0.1) is 0 Å². The molecule has 7 nitrogen and oxygen atoms in total. The second-order valence-electron chi connectivity index (χ2n) is 9.53. The van der Waals surface area contributed by atoms with Gasteiger partial charge < -0.3 is 5.32 Å². The highest BCUT2D eigenvalue weighted by molar-refractivity contribution is 6.07. The molecule has 1 aromatic heterocycles. The Balaban J connectivity index is 1.70. The quantitative estimate of drug-likeness (QED) is 0.247. The lowest BCUT2D eigenvalue weighted by molar-refractivity contribution is -0.137. The number of halogens is 4. The zero-order valence-corrected chi connectivity index (χ0v) is 21.9. The highest BCUT2D eigenvalue weighted by Crippen LogP contribution is 2.44. The average molecular weight is 565 g/mol. The van der Waals surface area contributed by atoms with Crippen LogP contribution in [0.15, 0.2) is 78.9 Å². The Morgan fingerprint density at radius 1 is 0.976 bits per heavy atom. The highest BCUT2D eigenvalue weighted by Gasteiger charge is 2.47. The first-order valence-electron chi connectivity index (χ1n) is 12.8. The maximum Gasteiger partial charge on any atom is 0.416 e. The summed E-state index contributed by atoms with van der Waals surface area (Å²) in [6.07, 6.45) is -4.68. The Morgan fingerprint density at radius 3 is 2.27 bits per heavy atom. The first-order chi connectivity index (χ1) is 19.5. The minimum Gasteiger partial charge on any atom is -0.339 e. The van der Waals surface area contributed by atoms with Gasteiger partial charge in [0.1, 0.15) is 23.4 Å². The third-order valence-corrected chi connectivity index (χ3v) is 6.95. The van der Waals surface area contributed by atoms with Crippen molar-refractivity contribution in [2.45, 2.75) is 32.0 Å². The van der Waals surface area contributed by atoms with Gasteiger partial charge in [0.15, 0.2) is 5.78 Å². The number of carbonyl (C=O) groups excluding carboxylic acids is 3. The number of likely N-dealkylation sites (N-methyl/N-ethyl adjacent to an activating group) is 1. The van der Waals surface area contributed by atoms with Crippen LogP contribution in [-0.4, -0.2) is 40.0 Å². The fraction of sp³-hybridized carbons (Fsp3) is 0.200. The topological polar surface area (TPSA) is 84.3 Å². The molecular weight excluding hydrogens is 540 g/mol. The molecule has 0 spiro atoms. The maximum absolute atomic E-state index is 14.1. The number of Topliss-reactive ketones (excluding diaryl/α,β-unsaturated/α-hetero) is 1. The van der Waals surface area contributed by atoms with E-state index in [0.29, 0.717) is 28.7 Å². The van der Waals surface area contributed by atoms with Gasteiger partial charge in [0.2, 0.25) is 0 Å². The number of carbonyl (C=O) groups is 3. The number of alkyl halides is 3. The van der Waals surface area contributed by atoms with E-state index in [2.05, 4.69) is 10.4 Å². The smallest absolute Gasteiger partial charge is 0.339 e. The number of anilines is 1. The fourth-order valence-electron chi connectivity index (χ4n) is 5.10. The van der Waals surface area contributed by atoms with E-state index in [1.165, 1.54) is 46.8 Å². The molecule has 0 saturated carbocycles. The standard InChI is InChI=1S/C30H24F4N4O3/c1-3-37-28-24(25(17(2)39)36-38(28)22-10-5-4-6-11-22)23(18-12-14-21(31)15-13-18)26(29(37)41)35-27(40)19-8-7-9-20(16-19)30(32,33)34/h4-16,23,26H,3H2,1-2H3,(H,35,40)/t23-,26-/m1/s1. The first-order valence-corrected chi connectivity index (χ1v) is 12.8. The summed E-state index contributed by atoms with van der Waals surface area (Å²) in [5.41, 5.74) is 0.0426. The molecular formula is C30H24F4N4O3. The van der Waals surface area contributed by atoms with Crippen molar-refractivity contribution >= 4 is 23.4 Å². The van der Waals surface area contributed by atoms with E-state index in [4.69, 9.17) is 0 Å². The third kappa shape index (κ3) is 5.10. The number of para-hydroxylation sites is 1. The molecule has 2 amide bonds. The highest BCUT2D eigenvalue weighted by atomic mass is 19.4. The molecule has 2 atom stereocenters. The van der Waals surface area contributed by atoms with Gasteiger partial charge in [-0.2, -0.15) is 18.3 Å². The summed E-state index contributed by atoms with van der Waals surface area (Å²) in [4.78, 5) is 41.7. The molecule has 0 bridgehead atoms. The van der Waals surface area contributed by atoms with Gasteiger partial charge in [-0.05, 0) is 55.0 Å². The molecule has 1 aliphatic rings. The van der Waals surface area contributed by atoms with Crippen LogP contribution >= 0.6 is 0 Å². The number of fused-ring (bicyclic) bond motifs is 1. The largest absolute Gasteiger partial charge is 0.416 e. The third-order valence-electron chi connectivity index (χ3n) is 6.95. The molecule has 5 rings (SSSR count). The predicted octanol–water partition coefficient (Wildman–Crippen LogP) is 5.53. The van der Waals surface area contributed by atoms with Crippen molar-refractivity contribution in [3.63, 3.8) is 0 Å². The number of hydrogen-bond acceptors (Lipinski definition) is 4. The van der Waals surface area contributed by atoms with E-state index in [9.17, 15) is 31.9 Å². The van der Waals surface area contributed by atoms with Crippen LogP contribution < -0.4 is 10.2 Å². The Kier molecular flexibility index (Phi) is 7.20. The zero-order valence-electron chi connectivity index (χ0n) is 21.9. The molecule has 41 heavy (non-hydrogen) atoms. The van der Waals surface area contributed by atoms with Gasteiger partial charge >= 0.3 is 6.18 Å². The van der Waals surface area contributed by atoms with Crippen LogP contribution in [0.3, 0.4) is 0 Å². The Bertz CT molecular complexity index is 1630. The fourth-order valence-corrected chi connectivity index (χ4v) is 5.10. The van der Waals surface area contributed by atoms with E-state index in [-0.39, 0.29) is 17.8 Å². The van der Waals surface area contributed by atoms with Crippen LogP contribution in [0.1, 0.15) is 57.3 Å². The minimum atomic E-state index is -4.68. The summed E-state index contributed by atoms with van der Waals surface area (Å²) in [6.45, 7) is 3.16. The van der Waals surface area contributed by atoms with Crippen molar-refractivity contribution < 1.29 is 31.9 Å². The number of ketones is 1. The number of nitrogens with one attached hydrogen (secondary N) is 1. The van der Waals surface area contributed by atoms with Crippen LogP contribution in [0.25, 0.3) is 5.69 Å². The molecule has 1 N–H and O–H groups in total. The van der Waals surface area contributed by atoms with E-state index in [0.717, 1.165) is 12.1 Å². The second-order valence-corrected chi connectivity index (χ2v) is 9.53. The SMILES string of the molecule is CCN1C(=O)[C@H](NC(=O)c2cccc(C(F)(F)F)c2)[C@H](c2ccc(F)cc2)c2c(C(C)=O)nn(-c3ccccc3)c21. The lowest BCUT2D eigenvalue weighted by Gasteiger charge is -2.38. The van der Waals surface area contributed by atoms with Gasteiger partial charge in [0.05, 0.1) is 11.3 Å². The summed E-state index contributed by atoms with van der Waals surface area (Å²) in [5.74, 6) is -3.12. The molecule has 11 heteroatoms. The zero-order chi connectivity index (χ0) is 29.5. The van der Waals surface area contributed by atoms with Gasteiger partial charge in [0, 0.05) is 30.5 Å². The van der Waals surface area contributed by atoms with Gasteiger partial charge in [0.25, 0.3) is 11.8 Å². The summed E-state index contributed by atoms with van der Waals surface area (Å²) in [5, 5.41) is 7.17. The number of benzene rings is 3. The monoisotopic (exact) mass is 564 g/mol. The number of amides is 2. The van der Waals surface area contributed by atoms with E-state index in [1.54, 1.807) is 37.3 Å². The summed E-state index contributed by atoms with van der Waals surface area (Å²) in [6, 6.07) is 16.6. The van der Waals surface area contributed by atoms with Crippen molar-refractivity contribution in [2.24, 2.45) is 0 Å². The number of aromatic nitrogens is 2. The molecule has 0 aliphatic carbocycles. The van der Waals surface area contributed by atoms with Crippen molar-refractivity contribution in [3.05, 3.63) is 113 Å². The summed E-state index contributed by atoms with van der Waals surface area (Å²) in [7, 11) is 0. The van der Waals surface area contributed by atoms with Crippen LogP contribution in [0.2, 0.25) is 0 Å². The Morgan fingerprint density at radius 2 is 1.66 bits per heavy atom. The summed E-state index contributed by atoms with van der Waals surface area (Å²) < 4.78 is 55.4. The average Bonchev–Trinajstić information content (AvgIpc) is 3.34. The molecule has 0 radical (unpaired) electrons. The van der Waals surface area contributed by atoms with Crippen LogP contribution in [0.5, 0.6) is 0 Å². The lowest BCUT2D eigenvalue weighted by atomic mass is 9.80. The van der Waals surface area contributed by atoms with Gasteiger partial charge in [-0.1, -0.05) is 36.4 Å². The number of rotatable bonds is 6. The van der Waals surface area contributed by atoms with E-state index in [1.807, 2.05) is 0 Å². The molecule has 4 aromatic rings. The van der Waals surface area contributed by atoms with Crippen LogP contribution in [-0.2, 0) is 11.0 Å². The van der Waals surface area contributed by atoms with Crippen molar-refractivity contribution in [1.29, 1.82) is 0 Å². The second kappa shape index (κ2) is 10.6. The van der Waals surface area contributed by atoms with Crippen molar-refractivity contribution in [2.75, 3.05) is 11.4 Å². The molecule has 2 heterocycles. The molecule has 0 unspecified atom stereocenters. The number of hydrogen-bond donors (Lipinski definition) is 1. The first kappa shape index (κ1) is 27.8. The normalized spacial score (nSPS) is 16.8.